The number of aromatic carboxylic acids is 1. The van der Waals surface area contributed by atoms with Crippen LogP contribution in [-0.2, 0) is 16.1 Å². The highest BCUT2D eigenvalue weighted by Crippen LogP contribution is 2.47. The van der Waals surface area contributed by atoms with E-state index in [4.69, 9.17) is 0 Å². The predicted octanol–water partition coefficient (Wildman–Crippen LogP) is 5.41. The molecule has 3 heterocycles. The number of para-hydroxylation sites is 1. The van der Waals surface area contributed by atoms with Crippen molar-refractivity contribution in [3.63, 3.8) is 0 Å². The molecule has 6 rings (SSSR count). The zero-order valence-electron chi connectivity index (χ0n) is 21.1. The fourth-order valence-electron chi connectivity index (χ4n) is 6.58. The number of rotatable bonds is 4. The number of benzene rings is 2. The summed E-state index contributed by atoms with van der Waals surface area (Å²) >= 11 is 0. The SMILES string of the molecule is O=C(O)c1ccc2c(C3CCCCC3)c3n(c2c1)CC(=O)N(CC(=O)N1CCCCC1)c1ccccc1-3. The van der Waals surface area contributed by atoms with Crippen molar-refractivity contribution in [1.82, 2.24) is 9.47 Å². The van der Waals surface area contributed by atoms with Crippen LogP contribution in [0.4, 0.5) is 5.69 Å². The van der Waals surface area contributed by atoms with Crippen LogP contribution in [0.1, 0.15) is 73.2 Å². The van der Waals surface area contributed by atoms with Crippen LogP contribution in [-0.4, -0.2) is 52.0 Å². The maximum Gasteiger partial charge on any atom is 0.335 e. The third-order valence-corrected chi connectivity index (χ3v) is 8.41. The number of amides is 2. The summed E-state index contributed by atoms with van der Waals surface area (Å²) in [7, 11) is 0. The largest absolute Gasteiger partial charge is 0.478 e. The Labute approximate surface area is 216 Å². The van der Waals surface area contributed by atoms with Gasteiger partial charge in [0.05, 0.1) is 22.5 Å². The van der Waals surface area contributed by atoms with Gasteiger partial charge in [0.15, 0.2) is 0 Å². The summed E-state index contributed by atoms with van der Waals surface area (Å²) in [5.41, 5.74) is 4.91. The molecule has 1 N–H and O–H groups in total. The van der Waals surface area contributed by atoms with Gasteiger partial charge in [0.2, 0.25) is 11.8 Å². The molecule has 0 radical (unpaired) electrons. The van der Waals surface area contributed by atoms with E-state index in [9.17, 15) is 19.5 Å². The summed E-state index contributed by atoms with van der Waals surface area (Å²) in [6.07, 6.45) is 8.88. The number of carbonyl (C=O) groups is 3. The number of carbonyl (C=O) groups excluding carboxylic acids is 2. The van der Waals surface area contributed by atoms with Gasteiger partial charge in [-0.25, -0.2) is 4.79 Å². The second kappa shape index (κ2) is 9.69. The van der Waals surface area contributed by atoms with E-state index >= 15 is 0 Å². The molecule has 7 nitrogen and oxygen atoms in total. The zero-order valence-corrected chi connectivity index (χ0v) is 21.1. The Morgan fingerprint density at radius 2 is 1.65 bits per heavy atom. The van der Waals surface area contributed by atoms with Crippen molar-refractivity contribution in [3.05, 3.63) is 53.6 Å². The van der Waals surface area contributed by atoms with E-state index in [-0.39, 0.29) is 30.5 Å². The van der Waals surface area contributed by atoms with Crippen molar-refractivity contribution in [2.75, 3.05) is 24.5 Å². The molecule has 2 aliphatic heterocycles. The summed E-state index contributed by atoms with van der Waals surface area (Å²) in [4.78, 5) is 42.5. The van der Waals surface area contributed by atoms with Crippen molar-refractivity contribution >= 4 is 34.4 Å². The van der Waals surface area contributed by atoms with E-state index in [1.165, 1.54) is 24.8 Å². The van der Waals surface area contributed by atoms with Gasteiger partial charge in [-0.05, 0) is 61.8 Å². The lowest BCUT2D eigenvalue weighted by Crippen LogP contribution is -2.45. The van der Waals surface area contributed by atoms with E-state index in [1.54, 1.807) is 17.0 Å². The highest BCUT2D eigenvalue weighted by atomic mass is 16.4. The van der Waals surface area contributed by atoms with Gasteiger partial charge >= 0.3 is 5.97 Å². The first-order valence-electron chi connectivity index (χ1n) is 13.6. The number of hydrogen-bond acceptors (Lipinski definition) is 3. The molecule has 1 aliphatic carbocycles. The molecule has 0 bridgehead atoms. The second-order valence-electron chi connectivity index (χ2n) is 10.7. The number of piperidine rings is 1. The van der Waals surface area contributed by atoms with Gasteiger partial charge in [-0.2, -0.15) is 0 Å². The minimum atomic E-state index is -0.981. The topological polar surface area (TPSA) is 82.8 Å². The minimum absolute atomic E-state index is 0.0139. The molecule has 0 atom stereocenters. The Morgan fingerprint density at radius 1 is 0.919 bits per heavy atom. The molecule has 2 fully saturated rings. The average Bonchev–Trinajstić information content (AvgIpc) is 3.19. The molecule has 7 heteroatoms. The number of fused-ring (bicyclic) bond motifs is 5. The molecule has 1 aromatic heterocycles. The fraction of sp³-hybridized carbons (Fsp3) is 0.433. The monoisotopic (exact) mass is 499 g/mol. The van der Waals surface area contributed by atoms with Crippen molar-refractivity contribution in [3.8, 4) is 11.3 Å². The quantitative estimate of drug-likeness (QED) is 0.520. The van der Waals surface area contributed by atoms with Crippen LogP contribution in [0.25, 0.3) is 22.2 Å². The lowest BCUT2D eigenvalue weighted by molar-refractivity contribution is -0.132. The van der Waals surface area contributed by atoms with Crippen LogP contribution in [0.5, 0.6) is 0 Å². The first kappa shape index (κ1) is 23.8. The van der Waals surface area contributed by atoms with Crippen molar-refractivity contribution in [2.24, 2.45) is 0 Å². The second-order valence-corrected chi connectivity index (χ2v) is 10.7. The van der Waals surface area contributed by atoms with Gasteiger partial charge in [-0.15, -0.1) is 0 Å². The van der Waals surface area contributed by atoms with Gasteiger partial charge in [-0.1, -0.05) is 43.5 Å². The predicted molar refractivity (Wildman–Crippen MR) is 143 cm³/mol. The maximum absolute atomic E-state index is 13.8. The van der Waals surface area contributed by atoms with Crippen LogP contribution < -0.4 is 4.90 Å². The molecule has 3 aliphatic rings. The zero-order chi connectivity index (χ0) is 25.5. The van der Waals surface area contributed by atoms with Crippen molar-refractivity contribution in [2.45, 2.75) is 63.8 Å². The van der Waals surface area contributed by atoms with Crippen LogP contribution in [0.15, 0.2) is 42.5 Å². The standard InChI is InChI=1S/C30H33N3O4/c34-26(31-15-7-2-8-16-31)18-32-24-12-6-5-11-23(24)29-28(20-9-3-1-4-10-20)22-14-13-21(30(36)37)17-25(22)33(29)19-27(32)35/h5-6,11-14,17,20H,1-4,7-10,15-16,18-19H2,(H,36,37). The highest BCUT2D eigenvalue weighted by Gasteiger charge is 2.34. The fourth-order valence-corrected chi connectivity index (χ4v) is 6.58. The van der Waals surface area contributed by atoms with Gasteiger partial charge in [0.25, 0.3) is 0 Å². The Balaban J connectivity index is 1.52. The summed E-state index contributed by atoms with van der Waals surface area (Å²) < 4.78 is 2.01. The Bertz CT molecular complexity index is 1380. The van der Waals surface area contributed by atoms with E-state index < -0.39 is 5.97 Å². The molecule has 192 valence electrons. The molecular weight excluding hydrogens is 466 g/mol. The summed E-state index contributed by atoms with van der Waals surface area (Å²) in [6, 6.07) is 13.2. The van der Waals surface area contributed by atoms with Crippen LogP contribution in [0, 0.1) is 0 Å². The van der Waals surface area contributed by atoms with Gasteiger partial charge < -0.3 is 19.5 Å². The molecule has 1 saturated carbocycles. The van der Waals surface area contributed by atoms with Gasteiger partial charge in [-0.3, -0.25) is 9.59 Å². The smallest absolute Gasteiger partial charge is 0.335 e. The number of carboxylic acids is 1. The number of anilines is 1. The molecule has 1 saturated heterocycles. The van der Waals surface area contributed by atoms with Crippen LogP contribution in [0.3, 0.4) is 0 Å². The minimum Gasteiger partial charge on any atom is -0.478 e. The Kier molecular flexibility index (Phi) is 6.22. The maximum atomic E-state index is 13.8. The van der Waals surface area contributed by atoms with Crippen molar-refractivity contribution in [1.29, 1.82) is 0 Å². The third kappa shape index (κ3) is 4.20. The Morgan fingerprint density at radius 3 is 2.41 bits per heavy atom. The number of nitrogens with zero attached hydrogens (tertiary/aromatic N) is 3. The van der Waals surface area contributed by atoms with E-state index in [0.29, 0.717) is 5.92 Å². The molecule has 0 unspecified atom stereocenters. The molecular formula is C30H33N3O4. The Hall–Kier alpha value is -3.61. The normalized spacial score (nSPS) is 18.4. The van der Waals surface area contributed by atoms with Crippen LogP contribution >= 0.6 is 0 Å². The van der Waals surface area contributed by atoms with Crippen molar-refractivity contribution < 1.29 is 19.5 Å². The molecule has 2 aromatic carbocycles. The number of aromatic nitrogens is 1. The molecule has 37 heavy (non-hydrogen) atoms. The number of carboxylic acid groups (broad SMARTS) is 1. The van der Waals surface area contributed by atoms with E-state index in [1.807, 2.05) is 39.8 Å². The first-order valence-corrected chi connectivity index (χ1v) is 13.6. The van der Waals surface area contributed by atoms with Gasteiger partial charge in [0.1, 0.15) is 13.1 Å². The molecule has 2 amide bonds. The first-order chi connectivity index (χ1) is 18.0. The van der Waals surface area contributed by atoms with E-state index in [0.717, 1.165) is 73.0 Å². The number of hydrogen-bond donors (Lipinski definition) is 1. The van der Waals surface area contributed by atoms with E-state index in [2.05, 4.69) is 0 Å². The molecule has 3 aromatic rings. The lowest BCUT2D eigenvalue weighted by atomic mass is 9.81. The average molecular weight is 500 g/mol. The number of likely N-dealkylation sites (tertiary alicyclic amines) is 1. The summed E-state index contributed by atoms with van der Waals surface area (Å²) in [5.74, 6) is -0.789. The van der Waals surface area contributed by atoms with Crippen LogP contribution in [0.2, 0.25) is 0 Å². The molecule has 0 spiro atoms. The highest BCUT2D eigenvalue weighted by molar-refractivity contribution is 6.07. The lowest BCUT2D eigenvalue weighted by Gasteiger charge is -2.30. The summed E-state index contributed by atoms with van der Waals surface area (Å²) in [6.45, 7) is 1.59. The van der Waals surface area contributed by atoms with Gasteiger partial charge in [0, 0.05) is 24.0 Å². The third-order valence-electron chi connectivity index (χ3n) is 8.41. The summed E-state index contributed by atoms with van der Waals surface area (Å²) in [5, 5.41) is 10.7.